The zero-order chi connectivity index (χ0) is 20.5. The standard InChI is InChI=1S/C19H19ClN6O3/c1-12-11-16(29-23-12)18(27)24-7-9-25(10-8-24)19(28)17-21-13(2)26(22-17)15-6-4-3-5-14(15)20/h3-6,11H,7-10H2,1-2H3. The summed E-state index contributed by atoms with van der Waals surface area (Å²) in [5, 5.41) is 8.61. The highest BCUT2D eigenvalue weighted by atomic mass is 35.5. The molecule has 29 heavy (non-hydrogen) atoms. The van der Waals surface area contributed by atoms with Crippen molar-refractivity contribution < 1.29 is 14.1 Å². The van der Waals surface area contributed by atoms with Crippen molar-refractivity contribution >= 4 is 23.4 Å². The maximum Gasteiger partial charge on any atom is 0.293 e. The van der Waals surface area contributed by atoms with Crippen LogP contribution in [0.25, 0.3) is 5.69 Å². The van der Waals surface area contributed by atoms with E-state index in [2.05, 4.69) is 15.2 Å². The Kier molecular flexibility index (Phi) is 5.06. The summed E-state index contributed by atoms with van der Waals surface area (Å²) in [5.74, 6) is 0.373. The largest absolute Gasteiger partial charge is 0.351 e. The summed E-state index contributed by atoms with van der Waals surface area (Å²) < 4.78 is 6.59. The Labute approximate surface area is 171 Å². The van der Waals surface area contributed by atoms with Crippen molar-refractivity contribution in [2.45, 2.75) is 13.8 Å². The van der Waals surface area contributed by atoms with E-state index in [-0.39, 0.29) is 23.4 Å². The summed E-state index contributed by atoms with van der Waals surface area (Å²) in [6.07, 6.45) is 0. The van der Waals surface area contributed by atoms with Gasteiger partial charge in [0, 0.05) is 32.2 Å². The van der Waals surface area contributed by atoms with Gasteiger partial charge in [-0.25, -0.2) is 9.67 Å². The van der Waals surface area contributed by atoms with Crippen LogP contribution >= 0.6 is 11.6 Å². The van der Waals surface area contributed by atoms with Crippen LogP contribution in [-0.2, 0) is 0 Å². The third-order valence-electron chi connectivity index (χ3n) is 4.73. The van der Waals surface area contributed by atoms with Crippen molar-refractivity contribution in [3.05, 3.63) is 58.5 Å². The van der Waals surface area contributed by atoms with Gasteiger partial charge in [0.25, 0.3) is 11.8 Å². The quantitative estimate of drug-likeness (QED) is 0.651. The molecule has 9 nitrogen and oxygen atoms in total. The fraction of sp³-hybridized carbons (Fsp3) is 0.316. The molecule has 1 fully saturated rings. The van der Waals surface area contributed by atoms with Gasteiger partial charge in [-0.2, -0.15) is 0 Å². The van der Waals surface area contributed by atoms with Crippen LogP contribution in [-0.4, -0.2) is 67.7 Å². The molecule has 0 bridgehead atoms. The van der Waals surface area contributed by atoms with Gasteiger partial charge in [0.2, 0.25) is 11.6 Å². The number of carbonyl (C=O) groups excluding carboxylic acids is 2. The Morgan fingerprint density at radius 2 is 1.69 bits per heavy atom. The van der Waals surface area contributed by atoms with E-state index in [0.717, 1.165) is 0 Å². The number of piperazine rings is 1. The molecule has 1 aliphatic heterocycles. The van der Waals surface area contributed by atoms with Crippen LogP contribution in [0.1, 0.15) is 32.7 Å². The number of rotatable bonds is 3. The number of benzene rings is 1. The fourth-order valence-corrected chi connectivity index (χ4v) is 3.42. The lowest BCUT2D eigenvalue weighted by Crippen LogP contribution is -2.50. The van der Waals surface area contributed by atoms with Crippen LogP contribution < -0.4 is 0 Å². The van der Waals surface area contributed by atoms with E-state index in [9.17, 15) is 9.59 Å². The van der Waals surface area contributed by atoms with Crippen molar-refractivity contribution in [2.75, 3.05) is 26.2 Å². The van der Waals surface area contributed by atoms with Crippen molar-refractivity contribution in [1.29, 1.82) is 0 Å². The Balaban J connectivity index is 1.44. The van der Waals surface area contributed by atoms with Crippen molar-refractivity contribution in [2.24, 2.45) is 0 Å². The lowest BCUT2D eigenvalue weighted by molar-refractivity contribution is 0.0507. The highest BCUT2D eigenvalue weighted by molar-refractivity contribution is 6.32. The normalized spacial score (nSPS) is 14.3. The van der Waals surface area contributed by atoms with Crippen molar-refractivity contribution in [3.8, 4) is 5.69 Å². The predicted octanol–water partition coefficient (Wildman–Crippen LogP) is 2.12. The second kappa shape index (κ2) is 7.67. The first kappa shape index (κ1) is 19.1. The monoisotopic (exact) mass is 414 g/mol. The summed E-state index contributed by atoms with van der Waals surface area (Å²) in [5.41, 5.74) is 1.31. The first-order valence-corrected chi connectivity index (χ1v) is 9.52. The molecule has 1 saturated heterocycles. The molecule has 0 saturated carbocycles. The minimum absolute atomic E-state index is 0.105. The van der Waals surface area contributed by atoms with Crippen LogP contribution in [0.3, 0.4) is 0 Å². The molecule has 0 N–H and O–H groups in total. The van der Waals surface area contributed by atoms with E-state index in [0.29, 0.717) is 48.4 Å². The number of carbonyl (C=O) groups is 2. The van der Waals surface area contributed by atoms with Gasteiger partial charge in [-0.3, -0.25) is 9.59 Å². The first-order chi connectivity index (χ1) is 13.9. The third kappa shape index (κ3) is 3.73. The summed E-state index contributed by atoms with van der Waals surface area (Å²) in [6, 6.07) is 8.84. The van der Waals surface area contributed by atoms with Crippen LogP contribution in [0, 0.1) is 13.8 Å². The molecule has 0 spiro atoms. The molecule has 2 aromatic heterocycles. The Hall–Kier alpha value is -3.20. The van der Waals surface area contributed by atoms with Gasteiger partial charge in [0.15, 0.2) is 0 Å². The van der Waals surface area contributed by atoms with Crippen LogP contribution in [0.15, 0.2) is 34.9 Å². The third-order valence-corrected chi connectivity index (χ3v) is 5.05. The van der Waals surface area contributed by atoms with E-state index < -0.39 is 0 Å². The summed E-state index contributed by atoms with van der Waals surface area (Å²) in [4.78, 5) is 32.9. The zero-order valence-corrected chi connectivity index (χ0v) is 16.8. The van der Waals surface area contributed by atoms with E-state index >= 15 is 0 Å². The summed E-state index contributed by atoms with van der Waals surface area (Å²) >= 11 is 6.23. The maximum absolute atomic E-state index is 12.9. The van der Waals surface area contributed by atoms with Gasteiger partial charge in [0.1, 0.15) is 5.82 Å². The van der Waals surface area contributed by atoms with Crippen LogP contribution in [0.4, 0.5) is 0 Å². The molecule has 1 aromatic carbocycles. The smallest absolute Gasteiger partial charge is 0.293 e. The van der Waals surface area contributed by atoms with Crippen molar-refractivity contribution in [3.63, 3.8) is 0 Å². The highest BCUT2D eigenvalue weighted by Crippen LogP contribution is 2.20. The molecule has 0 aliphatic carbocycles. The number of para-hydroxylation sites is 1. The fourth-order valence-electron chi connectivity index (χ4n) is 3.21. The molecule has 0 atom stereocenters. The van der Waals surface area contributed by atoms with Gasteiger partial charge in [-0.1, -0.05) is 28.9 Å². The van der Waals surface area contributed by atoms with Gasteiger partial charge in [-0.15, -0.1) is 5.10 Å². The number of hydrogen-bond acceptors (Lipinski definition) is 6. The molecule has 0 radical (unpaired) electrons. The molecule has 1 aliphatic rings. The number of aryl methyl sites for hydroxylation is 2. The average molecular weight is 415 g/mol. The summed E-state index contributed by atoms with van der Waals surface area (Å²) in [7, 11) is 0. The molecule has 2 amide bonds. The predicted molar refractivity (Wildman–Crippen MR) is 104 cm³/mol. The molecule has 4 rings (SSSR count). The number of aromatic nitrogens is 4. The summed E-state index contributed by atoms with van der Waals surface area (Å²) in [6.45, 7) is 5.09. The minimum atomic E-state index is -0.276. The van der Waals surface area contributed by atoms with Gasteiger partial charge >= 0.3 is 0 Å². The molecule has 0 unspecified atom stereocenters. The van der Waals surface area contributed by atoms with Gasteiger partial charge in [0.05, 0.1) is 16.4 Å². The number of amides is 2. The molecule has 150 valence electrons. The van der Waals surface area contributed by atoms with Crippen LogP contribution in [0.2, 0.25) is 5.02 Å². The number of halogens is 1. The van der Waals surface area contributed by atoms with Crippen LogP contribution in [0.5, 0.6) is 0 Å². The zero-order valence-electron chi connectivity index (χ0n) is 16.0. The molecule has 3 heterocycles. The Morgan fingerprint density at radius 3 is 2.31 bits per heavy atom. The maximum atomic E-state index is 12.9. The highest BCUT2D eigenvalue weighted by Gasteiger charge is 2.29. The molecular formula is C19H19ClN6O3. The first-order valence-electron chi connectivity index (χ1n) is 9.14. The molecule has 10 heteroatoms. The van der Waals surface area contributed by atoms with E-state index in [1.807, 2.05) is 18.2 Å². The molecular weight excluding hydrogens is 396 g/mol. The van der Waals surface area contributed by atoms with E-state index in [1.165, 1.54) is 0 Å². The lowest BCUT2D eigenvalue weighted by atomic mass is 10.2. The molecule has 3 aromatic rings. The minimum Gasteiger partial charge on any atom is -0.351 e. The topological polar surface area (TPSA) is 97.4 Å². The Morgan fingerprint density at radius 1 is 1.03 bits per heavy atom. The second-order valence-corrected chi connectivity index (χ2v) is 7.17. The Bertz CT molecular complexity index is 1070. The second-order valence-electron chi connectivity index (χ2n) is 6.76. The van der Waals surface area contributed by atoms with E-state index in [4.69, 9.17) is 16.1 Å². The average Bonchev–Trinajstić information content (AvgIpc) is 3.33. The SMILES string of the molecule is Cc1cc(C(=O)N2CCN(C(=O)c3nc(C)n(-c4ccccc4Cl)n3)CC2)on1. The number of hydrogen-bond donors (Lipinski definition) is 0. The van der Waals surface area contributed by atoms with Gasteiger partial charge < -0.3 is 14.3 Å². The van der Waals surface area contributed by atoms with Gasteiger partial charge in [-0.05, 0) is 26.0 Å². The van der Waals surface area contributed by atoms with E-state index in [1.54, 1.807) is 40.5 Å². The lowest BCUT2D eigenvalue weighted by Gasteiger charge is -2.33. The number of nitrogens with zero attached hydrogens (tertiary/aromatic N) is 6. The van der Waals surface area contributed by atoms with Crippen molar-refractivity contribution in [1.82, 2.24) is 29.7 Å².